The topological polar surface area (TPSA) is 684 Å². The van der Waals surface area contributed by atoms with Crippen molar-refractivity contribution < 1.29 is 143 Å². The van der Waals surface area contributed by atoms with Crippen molar-refractivity contribution in [2.75, 3.05) is 21.3 Å². The van der Waals surface area contributed by atoms with Crippen molar-refractivity contribution in [3.8, 4) is 17.2 Å². The van der Waals surface area contributed by atoms with Gasteiger partial charge in [0.2, 0.25) is 67.4 Å². The molecule has 0 aliphatic carbocycles. The zero-order valence-electron chi connectivity index (χ0n) is 64.1. The number of amides is 2. The molecule has 0 aromatic heterocycles. The fourth-order valence-corrected chi connectivity index (χ4v) is 16.9. The van der Waals surface area contributed by atoms with Crippen LogP contribution in [-0.4, -0.2) is 128 Å². The number of carbonyl (C=O) groups is 2. The molecule has 0 bridgehead atoms. The number of azo groups is 4. The number of aromatic hydroxyl groups is 3. The fraction of sp³-hybridized carbons (Fsp3) is 0.0286. The Morgan fingerprint density at radius 2 is 0.674 bits per heavy atom. The molecule has 2 amide bonds. The maximum Gasteiger partial charge on any atom is 0.425 e. The van der Waals surface area contributed by atoms with E-state index in [0.29, 0.717) is 67.4 Å². The van der Waals surface area contributed by atoms with Crippen molar-refractivity contribution in [3.63, 3.8) is 0 Å². The van der Waals surface area contributed by atoms with Gasteiger partial charge in [0.1, 0.15) is 32.5 Å². The predicted molar refractivity (Wildman–Crippen MR) is 481 cm³/mol. The van der Waals surface area contributed by atoms with Crippen LogP contribution in [0.2, 0.25) is 0 Å². The molecular formula is C70H56N12O32S15. The SMILES string of the molecule is CC(=O)Nc1c(Nc2ccccc2)cc(NC(C)=O)c2c(O)c(N=Nc3ccccc3)ccc12.O=S(=O)=O.O=S(=O)=O.O=S(=O)=O.O=S(=S)(OO)c1cc(S(=O)(=S)OO)c(S(=O)(=S)OO)c(N=Nc2ccc3cc(Nc4ccccc4)ccc3c2O)c1S(=O)(=S)OO.O=S=S(=O)=O.O=S=S(=O)=O.Oc1c(N=Nc2ccccc2)ccc2cc(N=Nc3ccccc3)ccc12. The van der Waals surface area contributed by atoms with Crippen LogP contribution in [0.25, 0.3) is 32.3 Å². The molecule has 129 heavy (non-hydrogen) atoms. The lowest BCUT2D eigenvalue weighted by Crippen LogP contribution is -2.18. The lowest BCUT2D eigenvalue weighted by Gasteiger charge is -2.19. The molecule has 0 spiro atoms. The third-order valence-corrected chi connectivity index (χ3v) is 23.2. The minimum absolute atomic E-state index is 0.0960. The third kappa shape index (κ3) is 34.2. The highest BCUT2D eigenvalue weighted by Gasteiger charge is 2.39. The second-order valence-electron chi connectivity index (χ2n) is 23.2. The summed E-state index contributed by atoms with van der Waals surface area (Å²) in [5.41, 5.74) is 5.58. The van der Waals surface area contributed by atoms with E-state index in [1.807, 2.05) is 164 Å². The Morgan fingerprint density at radius 3 is 1.05 bits per heavy atom. The van der Waals surface area contributed by atoms with E-state index in [2.05, 4.69) is 102 Å². The number of fused-ring (bicyclic) bond motifs is 3. The molecule has 0 saturated heterocycles. The molecule has 12 aromatic carbocycles. The van der Waals surface area contributed by atoms with E-state index in [0.717, 1.165) is 28.1 Å². The van der Waals surface area contributed by atoms with E-state index in [9.17, 15) is 62.8 Å². The van der Waals surface area contributed by atoms with Gasteiger partial charge in [0.15, 0.2) is 17.2 Å². The number of anilines is 6. The summed E-state index contributed by atoms with van der Waals surface area (Å²) in [5.74, 6) is -1.15. The number of rotatable bonds is 22. The smallest absolute Gasteiger partial charge is 0.425 e. The van der Waals surface area contributed by atoms with Crippen molar-refractivity contribution in [2.45, 2.75) is 33.4 Å². The number of carbonyl (C=O) groups excluding carboxylic acids is 2. The lowest BCUT2D eigenvalue weighted by atomic mass is 10.0. The van der Waals surface area contributed by atoms with Crippen LogP contribution in [0.15, 0.2) is 297 Å². The van der Waals surface area contributed by atoms with Crippen LogP contribution in [0.4, 0.5) is 79.6 Å². The van der Waals surface area contributed by atoms with Gasteiger partial charge in [-0.3, -0.25) is 9.59 Å². The Kier molecular flexibility index (Phi) is 43.2. The van der Waals surface area contributed by atoms with E-state index in [1.165, 1.54) is 32.0 Å². The molecule has 0 heterocycles. The van der Waals surface area contributed by atoms with Crippen LogP contribution in [0.1, 0.15) is 13.8 Å². The molecule has 4 unspecified atom stereocenters. The average molecular weight is 2060 g/mol. The quantitative estimate of drug-likeness (QED) is 0.0170. The Morgan fingerprint density at radius 1 is 0.349 bits per heavy atom. The summed E-state index contributed by atoms with van der Waals surface area (Å²) in [6.45, 7) is 2.79. The second-order valence-corrected chi connectivity index (χ2v) is 39.2. The Bertz CT molecular complexity index is 7300. The van der Waals surface area contributed by atoms with Gasteiger partial charge < -0.3 is 36.6 Å². The Labute approximate surface area is 760 Å². The van der Waals surface area contributed by atoms with Crippen molar-refractivity contribution in [2.24, 2.45) is 40.9 Å². The van der Waals surface area contributed by atoms with Crippen molar-refractivity contribution >= 4 is 274 Å². The molecular weight excluding hydrogens is 2000 g/mol. The Balaban J connectivity index is 0.000000313. The molecule has 12 aromatic rings. The molecule has 11 N–H and O–H groups in total. The fourth-order valence-electron chi connectivity index (χ4n) is 10.1. The van der Waals surface area contributed by atoms with Gasteiger partial charge in [-0.05, 0) is 144 Å². The molecule has 44 nitrogen and oxygen atoms in total. The molecule has 0 saturated carbocycles. The number of phenols is 3. The highest BCUT2D eigenvalue weighted by Crippen LogP contribution is 2.49. The number of hydrogen-bond donors (Lipinski definition) is 11. The molecule has 0 aliphatic heterocycles. The summed E-state index contributed by atoms with van der Waals surface area (Å²) < 4.78 is 198. The predicted octanol–water partition coefficient (Wildman–Crippen LogP) is 13.7. The van der Waals surface area contributed by atoms with E-state index in [4.69, 9.17) is 85.5 Å². The van der Waals surface area contributed by atoms with Crippen LogP contribution in [0.5, 0.6) is 17.2 Å². The lowest BCUT2D eigenvalue weighted by molar-refractivity contribution is -0.127. The number of benzene rings is 12. The summed E-state index contributed by atoms with van der Waals surface area (Å²) in [6.07, 6.45) is 0. The molecule has 4 atom stereocenters. The number of hydrogen-bond acceptors (Lipinski definition) is 46. The second kappa shape index (κ2) is 52.1. The highest BCUT2D eigenvalue weighted by molar-refractivity contribution is 8.33. The first-order chi connectivity index (χ1) is 61.0. The van der Waals surface area contributed by atoms with Gasteiger partial charge in [0.25, 0.3) is 0 Å². The van der Waals surface area contributed by atoms with E-state index >= 15 is 0 Å². The zero-order valence-corrected chi connectivity index (χ0v) is 76.3. The zero-order chi connectivity index (χ0) is 95.9. The van der Waals surface area contributed by atoms with Crippen molar-refractivity contribution in [3.05, 3.63) is 237 Å². The van der Waals surface area contributed by atoms with E-state index in [-0.39, 0.29) is 40.1 Å². The largest absolute Gasteiger partial charge is 0.505 e. The number of nitrogens with one attached hydrogen (secondary N) is 4. The average Bonchev–Trinajstić information content (AvgIpc) is 0.718. The van der Waals surface area contributed by atoms with Crippen LogP contribution in [0, 0.1) is 0 Å². The van der Waals surface area contributed by atoms with E-state index in [1.54, 1.807) is 48.5 Å². The van der Waals surface area contributed by atoms with Gasteiger partial charge in [-0.25, -0.2) is 37.9 Å². The number of nitrogens with zero attached hydrogens (tertiary/aromatic N) is 8. The standard InChI is InChI=1S/C26H23N5O3.C22H16N4O.C22H17N3O13S8.2O3S2.3O3S/c1-16(32)27-22-15-23(29-18-9-5-3-6-10-18)25(28-17(2)33)20-13-14-21(26(34)24(20)22)31-30-19-11-7-4-8-12-19;27-22-20-13-12-19(25-23-17-7-3-1-4-8-17)15-16(20)11-14-21(22)26-24-18-9-5-2-6-10-18;26-20-15-8-7-14(23-13-4-2-1-3-5-13)10-12(15)6-9-16(20)24-25-19-21(45(33,41)37-29)17(43(31,39)35-27)11-18(44(32,40)36-28)22(19)46(34,42)38-30;2*1-4-5(2)3;3*1-4(2)3/h3-15,29,34H,1-2H3,(H,27,32)(H,28,33);1-15,27H;1-11,23,26-30H;;;;;. The molecule has 0 aliphatic rings. The summed E-state index contributed by atoms with van der Waals surface area (Å²) >= 11 is 18.9. The van der Waals surface area contributed by atoms with Crippen molar-refractivity contribution in [1.82, 2.24) is 0 Å². The van der Waals surface area contributed by atoms with Crippen LogP contribution in [0.3, 0.4) is 0 Å². The van der Waals surface area contributed by atoms with E-state index < -0.39 is 137 Å². The van der Waals surface area contributed by atoms with Gasteiger partial charge in [-0.1, -0.05) is 103 Å². The molecule has 0 fully saturated rings. The molecule has 678 valence electrons. The van der Waals surface area contributed by atoms with Gasteiger partial charge in [0, 0.05) is 91.8 Å². The first-order valence-electron chi connectivity index (χ1n) is 33.5. The minimum Gasteiger partial charge on any atom is -0.505 e. The molecule has 12 rings (SSSR count). The molecule has 0 radical (unpaired) electrons. The first-order valence-corrected chi connectivity index (χ1v) is 50.8. The van der Waals surface area contributed by atoms with Crippen LogP contribution in [-0.2, 0) is 178 Å². The third-order valence-electron chi connectivity index (χ3n) is 14.9. The normalized spacial score (nSPS) is 12.4. The maximum absolute atomic E-state index is 13.2. The number of para-hydroxylation sites is 2. The van der Waals surface area contributed by atoms with Gasteiger partial charge in [-0.2, -0.15) is 45.7 Å². The maximum atomic E-state index is 13.2. The first kappa shape index (κ1) is 107. The highest BCUT2D eigenvalue weighted by atomic mass is 32.9. The Hall–Kier alpha value is -12.5. The molecule has 59 heteroatoms. The van der Waals surface area contributed by atoms with Crippen LogP contribution >= 0.6 is 0 Å². The summed E-state index contributed by atoms with van der Waals surface area (Å²) in [6, 6.07) is 68.8. The van der Waals surface area contributed by atoms with Crippen molar-refractivity contribution in [1.29, 1.82) is 0 Å². The number of phenolic OH excluding ortho intramolecular Hbond substituents is 3. The summed E-state index contributed by atoms with van der Waals surface area (Å²) in [7, 11) is -34.2. The minimum atomic E-state index is -4.80. The summed E-state index contributed by atoms with van der Waals surface area (Å²) in [5, 5.41) is 118. The van der Waals surface area contributed by atoms with Gasteiger partial charge in [0.05, 0.1) is 55.0 Å². The van der Waals surface area contributed by atoms with Crippen LogP contribution < -0.4 is 21.3 Å². The van der Waals surface area contributed by atoms with Gasteiger partial charge in [-0.15, -0.1) is 75.7 Å². The summed E-state index contributed by atoms with van der Waals surface area (Å²) in [4.78, 5) is 19.1. The monoisotopic (exact) mass is 2060 g/mol. The van der Waals surface area contributed by atoms with Gasteiger partial charge >= 0.3 is 50.4 Å².